The molecule has 0 saturated carbocycles. The van der Waals surface area contributed by atoms with Crippen LogP contribution in [0.5, 0.6) is 0 Å². The zero-order valence-electron chi connectivity index (χ0n) is 18.7. The van der Waals surface area contributed by atoms with E-state index in [-0.39, 0.29) is 18.4 Å². The SMILES string of the molecule is O=C(c1ccc2c(c1)N(Cc1cccc(Cl)c1)C(=O)c1ccccc1[S@]2=O)N1CCCCCC1. The van der Waals surface area contributed by atoms with Gasteiger partial charge in [0.2, 0.25) is 0 Å². The Labute approximate surface area is 206 Å². The Kier molecular flexibility index (Phi) is 6.53. The van der Waals surface area contributed by atoms with E-state index in [0.29, 0.717) is 31.6 Å². The van der Waals surface area contributed by atoms with E-state index < -0.39 is 10.8 Å². The number of rotatable bonds is 3. The number of hydrogen-bond acceptors (Lipinski definition) is 3. The Hall–Kier alpha value is -2.96. The summed E-state index contributed by atoms with van der Waals surface area (Å²) >= 11 is 6.20. The van der Waals surface area contributed by atoms with Crippen LogP contribution in [-0.2, 0) is 17.3 Å². The third-order valence-corrected chi connectivity index (χ3v) is 8.12. The molecule has 1 atom stereocenters. The monoisotopic (exact) mass is 492 g/mol. The molecule has 5 nitrogen and oxygen atoms in total. The number of amides is 2. The highest BCUT2D eigenvalue weighted by Crippen LogP contribution is 2.36. The van der Waals surface area contributed by atoms with Crippen molar-refractivity contribution in [3.05, 3.63) is 88.4 Å². The lowest BCUT2D eigenvalue weighted by Gasteiger charge is -2.25. The summed E-state index contributed by atoms with van der Waals surface area (Å²) in [5.41, 5.74) is 2.26. The zero-order chi connectivity index (χ0) is 23.7. The van der Waals surface area contributed by atoms with Gasteiger partial charge in [-0.15, -0.1) is 0 Å². The maximum absolute atomic E-state index is 13.7. The minimum absolute atomic E-state index is 0.0487. The second kappa shape index (κ2) is 9.72. The van der Waals surface area contributed by atoms with Crippen LogP contribution >= 0.6 is 11.6 Å². The van der Waals surface area contributed by atoms with Gasteiger partial charge in [-0.1, -0.05) is 48.7 Å². The summed E-state index contributed by atoms with van der Waals surface area (Å²) in [5, 5.41) is 0.578. The smallest absolute Gasteiger partial charge is 0.259 e. The second-order valence-electron chi connectivity index (χ2n) is 8.68. The zero-order valence-corrected chi connectivity index (χ0v) is 20.3. The first-order chi connectivity index (χ1) is 16.5. The molecule has 34 heavy (non-hydrogen) atoms. The van der Waals surface area contributed by atoms with Crippen molar-refractivity contribution in [1.82, 2.24) is 4.90 Å². The summed E-state index contributed by atoms with van der Waals surface area (Å²) in [5.74, 6) is -0.297. The molecule has 2 aliphatic heterocycles. The molecule has 174 valence electrons. The molecule has 3 aromatic rings. The van der Waals surface area contributed by atoms with Crippen LogP contribution in [0.3, 0.4) is 0 Å². The van der Waals surface area contributed by atoms with Gasteiger partial charge in [0.15, 0.2) is 0 Å². The van der Waals surface area contributed by atoms with Crippen LogP contribution in [0.4, 0.5) is 5.69 Å². The van der Waals surface area contributed by atoms with Crippen molar-refractivity contribution < 1.29 is 13.8 Å². The Morgan fingerprint density at radius 3 is 2.41 bits per heavy atom. The summed E-state index contributed by atoms with van der Waals surface area (Å²) < 4.78 is 13.6. The van der Waals surface area contributed by atoms with Gasteiger partial charge in [-0.25, -0.2) is 4.21 Å². The maximum Gasteiger partial charge on any atom is 0.259 e. The lowest BCUT2D eigenvalue weighted by atomic mass is 10.1. The lowest BCUT2D eigenvalue weighted by Crippen LogP contribution is -2.33. The van der Waals surface area contributed by atoms with Crippen molar-refractivity contribution in [2.75, 3.05) is 18.0 Å². The summed E-state index contributed by atoms with van der Waals surface area (Å²) in [6.45, 7) is 1.72. The molecule has 2 amide bonds. The van der Waals surface area contributed by atoms with E-state index >= 15 is 0 Å². The fourth-order valence-corrected chi connectivity index (χ4v) is 6.19. The molecule has 5 rings (SSSR count). The van der Waals surface area contributed by atoms with Crippen LogP contribution in [-0.4, -0.2) is 34.0 Å². The van der Waals surface area contributed by atoms with Gasteiger partial charge in [0.05, 0.1) is 38.4 Å². The average molecular weight is 493 g/mol. The first-order valence-corrected chi connectivity index (χ1v) is 13.1. The Balaban J connectivity index is 1.61. The molecule has 0 bridgehead atoms. The number of benzene rings is 3. The van der Waals surface area contributed by atoms with Gasteiger partial charge in [0.25, 0.3) is 11.8 Å². The quantitative estimate of drug-likeness (QED) is 0.472. The number of nitrogens with zero attached hydrogens (tertiary/aromatic N) is 2. The van der Waals surface area contributed by atoms with Gasteiger partial charge >= 0.3 is 0 Å². The molecular formula is C27H25ClN2O3S. The predicted octanol–water partition coefficient (Wildman–Crippen LogP) is 5.68. The molecule has 0 radical (unpaired) electrons. The van der Waals surface area contributed by atoms with Gasteiger partial charge < -0.3 is 9.80 Å². The number of anilines is 1. The van der Waals surface area contributed by atoms with Crippen LogP contribution in [0.25, 0.3) is 0 Å². The van der Waals surface area contributed by atoms with Crippen LogP contribution in [0, 0.1) is 0 Å². The molecule has 7 heteroatoms. The summed E-state index contributed by atoms with van der Waals surface area (Å²) in [6, 6.07) is 19.5. The highest BCUT2D eigenvalue weighted by molar-refractivity contribution is 7.85. The summed E-state index contributed by atoms with van der Waals surface area (Å²) in [4.78, 5) is 31.6. The fraction of sp³-hybridized carbons (Fsp3) is 0.259. The van der Waals surface area contributed by atoms with Crippen LogP contribution in [0.1, 0.15) is 52.0 Å². The number of likely N-dealkylation sites (tertiary alicyclic amines) is 1. The summed E-state index contributed by atoms with van der Waals surface area (Å²) in [7, 11) is -1.55. The fourth-order valence-electron chi connectivity index (χ4n) is 4.63. The molecule has 0 aliphatic carbocycles. The van der Waals surface area contributed by atoms with Gasteiger partial charge in [-0.3, -0.25) is 9.59 Å². The molecule has 2 aliphatic rings. The van der Waals surface area contributed by atoms with Crippen LogP contribution < -0.4 is 4.90 Å². The molecule has 1 fully saturated rings. The molecular weight excluding hydrogens is 468 g/mol. The molecule has 1 saturated heterocycles. The van der Waals surface area contributed by atoms with E-state index in [4.69, 9.17) is 11.6 Å². The third-order valence-electron chi connectivity index (χ3n) is 6.38. The van der Waals surface area contributed by atoms with Crippen molar-refractivity contribution >= 4 is 39.9 Å². The average Bonchev–Trinajstić information content (AvgIpc) is 3.18. The van der Waals surface area contributed by atoms with Crippen molar-refractivity contribution in [3.8, 4) is 0 Å². The normalized spacial score (nSPS) is 18.0. The molecule has 0 unspecified atom stereocenters. The number of hydrogen-bond donors (Lipinski definition) is 0. The van der Waals surface area contributed by atoms with Gasteiger partial charge in [0, 0.05) is 23.7 Å². The second-order valence-corrected chi connectivity index (χ2v) is 10.5. The van der Waals surface area contributed by atoms with Crippen LogP contribution in [0.15, 0.2) is 76.5 Å². The number of fused-ring (bicyclic) bond motifs is 2. The van der Waals surface area contributed by atoms with Crippen molar-refractivity contribution in [1.29, 1.82) is 0 Å². The van der Waals surface area contributed by atoms with Crippen LogP contribution in [0.2, 0.25) is 5.02 Å². The van der Waals surface area contributed by atoms with E-state index in [1.807, 2.05) is 23.1 Å². The van der Waals surface area contributed by atoms with E-state index in [1.165, 1.54) is 0 Å². The number of halogens is 1. The van der Waals surface area contributed by atoms with E-state index in [0.717, 1.165) is 44.3 Å². The number of carbonyl (C=O) groups is 2. The van der Waals surface area contributed by atoms with E-state index in [2.05, 4.69) is 0 Å². The van der Waals surface area contributed by atoms with E-state index in [1.54, 1.807) is 53.4 Å². The largest absolute Gasteiger partial charge is 0.339 e. The molecule has 0 N–H and O–H groups in total. The summed E-state index contributed by atoms with van der Waals surface area (Å²) in [6.07, 6.45) is 4.25. The molecule has 3 aromatic carbocycles. The minimum Gasteiger partial charge on any atom is -0.339 e. The van der Waals surface area contributed by atoms with Gasteiger partial charge in [0.1, 0.15) is 0 Å². The Morgan fingerprint density at radius 2 is 1.65 bits per heavy atom. The van der Waals surface area contributed by atoms with Gasteiger partial charge in [-0.05, 0) is 60.9 Å². The molecule has 0 aromatic heterocycles. The standard InChI is InChI=1S/C27H25ClN2O3S/c28-21-9-7-8-19(16-21)18-30-23-17-20(26(31)29-14-5-1-2-6-15-29)12-13-25(23)34(33)24-11-4-3-10-22(24)27(30)32/h3-4,7-13,16-17H,1-2,5-6,14-15,18H2/t34-/m1/s1. The highest BCUT2D eigenvalue weighted by atomic mass is 35.5. The Morgan fingerprint density at radius 1 is 0.882 bits per heavy atom. The molecule has 0 spiro atoms. The predicted molar refractivity (Wildman–Crippen MR) is 134 cm³/mol. The first kappa shape index (κ1) is 22.8. The van der Waals surface area contributed by atoms with Crippen molar-refractivity contribution in [3.63, 3.8) is 0 Å². The molecule has 2 heterocycles. The maximum atomic E-state index is 13.7. The highest BCUT2D eigenvalue weighted by Gasteiger charge is 2.32. The van der Waals surface area contributed by atoms with Crippen molar-refractivity contribution in [2.24, 2.45) is 0 Å². The van der Waals surface area contributed by atoms with E-state index in [9.17, 15) is 13.8 Å². The number of carbonyl (C=O) groups excluding carboxylic acids is 2. The minimum atomic E-state index is -1.55. The first-order valence-electron chi connectivity index (χ1n) is 11.5. The Bertz CT molecular complexity index is 1280. The lowest BCUT2D eigenvalue weighted by molar-refractivity contribution is 0.0761. The van der Waals surface area contributed by atoms with Crippen molar-refractivity contribution in [2.45, 2.75) is 42.0 Å². The topological polar surface area (TPSA) is 57.7 Å². The third kappa shape index (κ3) is 4.40. The van der Waals surface area contributed by atoms with Gasteiger partial charge in [-0.2, -0.15) is 0 Å².